The molecule has 0 amide bonds. The lowest BCUT2D eigenvalue weighted by Gasteiger charge is -2.04. The third kappa shape index (κ3) is 1.66. The monoisotopic (exact) mass is 187 g/mol. The molecule has 2 aromatic rings. The summed E-state index contributed by atoms with van der Waals surface area (Å²) in [5, 5.41) is 9.09. The second-order valence-corrected chi connectivity index (χ2v) is 2.96. The fraction of sp³-hybridized carbons (Fsp3) is 0. The van der Waals surface area contributed by atoms with Gasteiger partial charge in [-0.15, -0.1) is 0 Å². The van der Waals surface area contributed by atoms with Crippen molar-refractivity contribution in [3.05, 3.63) is 59.0 Å². The quantitative estimate of drug-likeness (QED) is 0.735. The average molecular weight is 187 g/mol. The van der Waals surface area contributed by atoms with Gasteiger partial charge in [-0.1, -0.05) is 0 Å². The molecule has 0 fully saturated rings. The topological polar surface area (TPSA) is 42.2 Å². The molecule has 70 valence electrons. The minimum absolute atomic E-state index is 0.0139. The van der Waals surface area contributed by atoms with E-state index in [1.807, 2.05) is 0 Å². The van der Waals surface area contributed by atoms with E-state index in [0.29, 0.717) is 0 Å². The SMILES string of the molecule is O=c1ccn(-c2ccc(O)cc2)cc1. The lowest BCUT2D eigenvalue weighted by Crippen LogP contribution is -2.01. The number of hydrogen-bond donors (Lipinski definition) is 1. The Morgan fingerprint density at radius 1 is 0.929 bits per heavy atom. The summed E-state index contributed by atoms with van der Waals surface area (Å²) in [6.45, 7) is 0. The van der Waals surface area contributed by atoms with Gasteiger partial charge in [-0.25, -0.2) is 0 Å². The summed E-state index contributed by atoms with van der Waals surface area (Å²) in [6.07, 6.45) is 3.38. The lowest BCUT2D eigenvalue weighted by atomic mass is 10.3. The normalized spacial score (nSPS) is 10.0. The largest absolute Gasteiger partial charge is 0.508 e. The number of aromatic hydroxyl groups is 1. The van der Waals surface area contributed by atoms with Crippen molar-refractivity contribution in [3.8, 4) is 11.4 Å². The summed E-state index contributed by atoms with van der Waals surface area (Å²) < 4.78 is 1.81. The molecule has 1 aromatic heterocycles. The molecule has 0 atom stereocenters. The number of pyridine rings is 1. The van der Waals surface area contributed by atoms with E-state index < -0.39 is 0 Å². The van der Waals surface area contributed by atoms with Gasteiger partial charge < -0.3 is 9.67 Å². The van der Waals surface area contributed by atoms with Crippen molar-refractivity contribution < 1.29 is 5.11 Å². The summed E-state index contributed by atoms with van der Waals surface area (Å²) >= 11 is 0. The highest BCUT2D eigenvalue weighted by Gasteiger charge is 1.93. The summed E-state index contributed by atoms with van der Waals surface area (Å²) in [4.78, 5) is 10.9. The summed E-state index contributed by atoms with van der Waals surface area (Å²) in [6, 6.07) is 9.75. The molecular weight excluding hydrogens is 178 g/mol. The van der Waals surface area contributed by atoms with Gasteiger partial charge in [0.25, 0.3) is 0 Å². The molecule has 2 rings (SSSR count). The van der Waals surface area contributed by atoms with Gasteiger partial charge in [0.05, 0.1) is 0 Å². The van der Waals surface area contributed by atoms with E-state index in [9.17, 15) is 4.79 Å². The number of phenolic OH excluding ortho intramolecular Hbond substituents is 1. The first-order valence-electron chi connectivity index (χ1n) is 4.23. The molecule has 0 unspecified atom stereocenters. The van der Waals surface area contributed by atoms with Gasteiger partial charge in [0.2, 0.25) is 0 Å². The maximum Gasteiger partial charge on any atom is 0.181 e. The third-order valence-electron chi connectivity index (χ3n) is 1.95. The van der Waals surface area contributed by atoms with Crippen LogP contribution in [0, 0.1) is 0 Å². The van der Waals surface area contributed by atoms with Crippen LogP contribution in [0.2, 0.25) is 0 Å². The third-order valence-corrected chi connectivity index (χ3v) is 1.95. The van der Waals surface area contributed by atoms with Crippen LogP contribution < -0.4 is 5.43 Å². The summed E-state index contributed by atoms with van der Waals surface area (Å²) in [7, 11) is 0. The van der Waals surface area contributed by atoms with E-state index in [4.69, 9.17) is 5.11 Å². The first-order valence-corrected chi connectivity index (χ1v) is 4.23. The van der Waals surface area contributed by atoms with Gasteiger partial charge in [-0.05, 0) is 24.3 Å². The highest BCUT2D eigenvalue weighted by Crippen LogP contribution is 2.12. The van der Waals surface area contributed by atoms with Crippen molar-refractivity contribution in [2.45, 2.75) is 0 Å². The molecule has 0 radical (unpaired) electrons. The van der Waals surface area contributed by atoms with Crippen molar-refractivity contribution in [2.75, 3.05) is 0 Å². The lowest BCUT2D eigenvalue weighted by molar-refractivity contribution is 0.475. The highest BCUT2D eigenvalue weighted by molar-refractivity contribution is 5.36. The van der Waals surface area contributed by atoms with Crippen molar-refractivity contribution in [3.63, 3.8) is 0 Å². The number of benzene rings is 1. The number of aromatic nitrogens is 1. The Hall–Kier alpha value is -2.03. The van der Waals surface area contributed by atoms with Gasteiger partial charge in [0.1, 0.15) is 5.75 Å². The van der Waals surface area contributed by atoms with Crippen LogP contribution in [0.5, 0.6) is 5.75 Å². The van der Waals surface area contributed by atoms with Crippen LogP contribution in [-0.4, -0.2) is 9.67 Å². The minimum atomic E-state index is -0.0139. The molecule has 0 bridgehead atoms. The van der Waals surface area contributed by atoms with E-state index >= 15 is 0 Å². The number of phenols is 1. The summed E-state index contributed by atoms with van der Waals surface area (Å²) in [5.74, 6) is 0.231. The Morgan fingerprint density at radius 3 is 2.07 bits per heavy atom. The van der Waals surface area contributed by atoms with E-state index in [0.717, 1.165) is 5.69 Å². The minimum Gasteiger partial charge on any atom is -0.508 e. The van der Waals surface area contributed by atoms with E-state index in [1.54, 1.807) is 41.2 Å². The van der Waals surface area contributed by atoms with E-state index in [2.05, 4.69) is 0 Å². The molecule has 0 aliphatic carbocycles. The zero-order valence-electron chi connectivity index (χ0n) is 7.42. The fourth-order valence-corrected chi connectivity index (χ4v) is 1.21. The van der Waals surface area contributed by atoms with Crippen LogP contribution in [-0.2, 0) is 0 Å². The van der Waals surface area contributed by atoms with Crippen LogP contribution in [0.25, 0.3) is 5.69 Å². The second kappa shape index (κ2) is 3.38. The Balaban J connectivity index is 2.44. The standard InChI is InChI=1S/C11H9NO2/c13-10-3-1-9(2-4-10)12-7-5-11(14)6-8-12/h1-8,13H. The van der Waals surface area contributed by atoms with Gasteiger partial charge in [0.15, 0.2) is 5.43 Å². The molecule has 1 heterocycles. The van der Waals surface area contributed by atoms with Gasteiger partial charge in [-0.2, -0.15) is 0 Å². The van der Waals surface area contributed by atoms with Crippen LogP contribution in [0.3, 0.4) is 0 Å². The molecule has 1 N–H and O–H groups in total. The zero-order chi connectivity index (χ0) is 9.97. The maximum absolute atomic E-state index is 10.9. The van der Waals surface area contributed by atoms with Gasteiger partial charge in [0, 0.05) is 30.2 Å². The molecule has 3 nitrogen and oxygen atoms in total. The number of rotatable bonds is 1. The van der Waals surface area contributed by atoms with Gasteiger partial charge in [-0.3, -0.25) is 4.79 Å². The predicted octanol–water partition coefficient (Wildman–Crippen LogP) is 1.54. The van der Waals surface area contributed by atoms with Crippen LogP contribution >= 0.6 is 0 Å². The number of nitrogens with zero attached hydrogens (tertiary/aromatic N) is 1. The fourth-order valence-electron chi connectivity index (χ4n) is 1.21. The van der Waals surface area contributed by atoms with Crippen LogP contribution in [0.4, 0.5) is 0 Å². The highest BCUT2D eigenvalue weighted by atomic mass is 16.3. The molecule has 1 aromatic carbocycles. The maximum atomic E-state index is 10.9. The van der Waals surface area contributed by atoms with Gasteiger partial charge >= 0.3 is 0 Å². The Bertz CT molecular complexity index is 465. The first kappa shape index (κ1) is 8.56. The van der Waals surface area contributed by atoms with Crippen molar-refractivity contribution in [1.29, 1.82) is 0 Å². The van der Waals surface area contributed by atoms with Crippen molar-refractivity contribution in [2.24, 2.45) is 0 Å². The molecule has 3 heteroatoms. The van der Waals surface area contributed by atoms with E-state index in [1.165, 1.54) is 12.1 Å². The molecule has 0 saturated carbocycles. The average Bonchev–Trinajstić information content (AvgIpc) is 2.21. The molecule has 0 aliphatic rings. The van der Waals surface area contributed by atoms with Crippen LogP contribution in [0.1, 0.15) is 0 Å². The predicted molar refractivity (Wildman–Crippen MR) is 53.7 cm³/mol. The Kier molecular flexibility index (Phi) is 2.07. The molecule has 14 heavy (non-hydrogen) atoms. The Labute approximate surface area is 80.9 Å². The van der Waals surface area contributed by atoms with Crippen molar-refractivity contribution in [1.82, 2.24) is 4.57 Å². The molecular formula is C11H9NO2. The van der Waals surface area contributed by atoms with Crippen molar-refractivity contribution >= 4 is 0 Å². The van der Waals surface area contributed by atoms with E-state index in [-0.39, 0.29) is 11.2 Å². The number of hydrogen-bond acceptors (Lipinski definition) is 2. The zero-order valence-corrected chi connectivity index (χ0v) is 7.42. The summed E-state index contributed by atoms with van der Waals surface area (Å²) in [5.41, 5.74) is 0.892. The molecule has 0 spiro atoms. The first-order chi connectivity index (χ1) is 6.75. The second-order valence-electron chi connectivity index (χ2n) is 2.96. The van der Waals surface area contributed by atoms with Crippen LogP contribution in [0.15, 0.2) is 53.6 Å². The molecule has 0 saturated heterocycles. The smallest absolute Gasteiger partial charge is 0.181 e. The Morgan fingerprint density at radius 2 is 1.50 bits per heavy atom. The molecule has 0 aliphatic heterocycles.